The molecule has 2 aromatic heterocycles. The van der Waals surface area contributed by atoms with Gasteiger partial charge in [0.2, 0.25) is 0 Å². The SMILES string of the molecule is CC1CCc2c(c3cccc(-n4c5ccccc5c5ccccc54)c3n2-c2ccccc2C#N)C=C1C#N. The first kappa shape index (κ1) is 22.2. The first-order valence-electron chi connectivity index (χ1n) is 13.0. The first-order valence-corrected chi connectivity index (χ1v) is 13.0. The number of fused-ring (bicyclic) bond motifs is 6. The molecule has 7 rings (SSSR count). The Hall–Kier alpha value is -5.06. The zero-order valence-corrected chi connectivity index (χ0v) is 21.0. The molecule has 1 aliphatic carbocycles. The zero-order valence-electron chi connectivity index (χ0n) is 21.0. The fraction of sp³-hybridized carbons (Fsp3) is 0.118. The molecule has 0 fully saturated rings. The lowest BCUT2D eigenvalue weighted by atomic mass is 9.98. The maximum Gasteiger partial charge on any atom is 0.101 e. The van der Waals surface area contributed by atoms with Gasteiger partial charge in [0.15, 0.2) is 0 Å². The maximum absolute atomic E-state index is 10.1. The van der Waals surface area contributed by atoms with Crippen LogP contribution in [0.25, 0.3) is 50.2 Å². The van der Waals surface area contributed by atoms with Crippen LogP contribution in [0.5, 0.6) is 0 Å². The number of nitrogens with zero attached hydrogens (tertiary/aromatic N) is 4. The van der Waals surface area contributed by atoms with Crippen LogP contribution in [0.4, 0.5) is 0 Å². The average molecular weight is 489 g/mol. The number of para-hydroxylation sites is 4. The van der Waals surface area contributed by atoms with E-state index in [4.69, 9.17) is 0 Å². The van der Waals surface area contributed by atoms with Crippen molar-refractivity contribution in [3.8, 4) is 23.5 Å². The van der Waals surface area contributed by atoms with E-state index in [1.165, 1.54) is 10.8 Å². The smallest absolute Gasteiger partial charge is 0.101 e. The molecule has 180 valence electrons. The normalized spacial score (nSPS) is 15.1. The third-order valence-electron chi connectivity index (χ3n) is 7.97. The van der Waals surface area contributed by atoms with Gasteiger partial charge in [-0.3, -0.25) is 0 Å². The van der Waals surface area contributed by atoms with Gasteiger partial charge in [0.05, 0.1) is 39.6 Å². The lowest BCUT2D eigenvalue weighted by Gasteiger charge is -2.17. The van der Waals surface area contributed by atoms with E-state index in [-0.39, 0.29) is 5.92 Å². The topological polar surface area (TPSA) is 57.4 Å². The minimum Gasteiger partial charge on any atom is -0.310 e. The summed E-state index contributed by atoms with van der Waals surface area (Å²) >= 11 is 0. The monoisotopic (exact) mass is 488 g/mol. The van der Waals surface area contributed by atoms with Crippen LogP contribution in [0.2, 0.25) is 0 Å². The Kier molecular flexibility index (Phi) is 4.96. The highest BCUT2D eigenvalue weighted by atomic mass is 15.1. The molecule has 6 aromatic rings. The number of hydrogen-bond acceptors (Lipinski definition) is 2. The van der Waals surface area contributed by atoms with Gasteiger partial charge in [-0.15, -0.1) is 0 Å². The van der Waals surface area contributed by atoms with Crippen LogP contribution in [0.1, 0.15) is 30.2 Å². The van der Waals surface area contributed by atoms with Crippen molar-refractivity contribution in [1.29, 1.82) is 10.5 Å². The summed E-state index contributed by atoms with van der Waals surface area (Å²) in [5, 5.41) is 23.5. The number of hydrogen-bond donors (Lipinski definition) is 0. The molecule has 0 radical (unpaired) electrons. The summed E-state index contributed by atoms with van der Waals surface area (Å²) in [6.45, 7) is 2.13. The lowest BCUT2D eigenvalue weighted by molar-refractivity contribution is 0.625. The van der Waals surface area contributed by atoms with E-state index in [2.05, 4.69) is 101 Å². The van der Waals surface area contributed by atoms with E-state index >= 15 is 0 Å². The van der Waals surface area contributed by atoms with Crippen molar-refractivity contribution >= 4 is 38.8 Å². The van der Waals surface area contributed by atoms with Gasteiger partial charge in [0.25, 0.3) is 0 Å². The molecule has 0 amide bonds. The van der Waals surface area contributed by atoms with Gasteiger partial charge in [0, 0.05) is 33.0 Å². The molecule has 2 heterocycles. The molecule has 0 saturated heterocycles. The number of nitriles is 2. The molecular weight excluding hydrogens is 464 g/mol. The van der Waals surface area contributed by atoms with Crippen molar-refractivity contribution in [3.05, 3.63) is 113 Å². The number of rotatable bonds is 2. The van der Waals surface area contributed by atoms with Crippen molar-refractivity contribution in [2.75, 3.05) is 0 Å². The summed E-state index contributed by atoms with van der Waals surface area (Å²) < 4.78 is 4.63. The number of aromatic nitrogens is 2. The molecule has 4 heteroatoms. The Morgan fingerprint density at radius 2 is 1.32 bits per heavy atom. The summed E-state index contributed by atoms with van der Waals surface area (Å²) in [5.41, 5.74) is 8.92. The largest absolute Gasteiger partial charge is 0.310 e. The zero-order chi connectivity index (χ0) is 25.8. The predicted octanol–water partition coefficient (Wildman–Crippen LogP) is 8.09. The molecule has 0 saturated carbocycles. The Morgan fingerprint density at radius 3 is 2.03 bits per heavy atom. The molecule has 0 spiro atoms. The van der Waals surface area contributed by atoms with E-state index < -0.39 is 0 Å². The molecule has 38 heavy (non-hydrogen) atoms. The molecule has 1 aliphatic rings. The van der Waals surface area contributed by atoms with Crippen molar-refractivity contribution in [1.82, 2.24) is 9.13 Å². The molecule has 0 N–H and O–H groups in total. The van der Waals surface area contributed by atoms with Crippen LogP contribution in [0.3, 0.4) is 0 Å². The standard InChI is InChI=1S/C34H24N4/c1-22-17-18-32-28(19-24(22)21-36)27-12-8-16-33(34(27)38(32)29-13-5-2-9-23(29)20-35)37-30-14-6-3-10-25(30)26-11-4-7-15-31(26)37/h2-16,19,22H,17-18H2,1H3. The Labute approximate surface area is 220 Å². The van der Waals surface area contributed by atoms with Crippen molar-refractivity contribution in [2.24, 2.45) is 5.92 Å². The first-order chi connectivity index (χ1) is 18.7. The van der Waals surface area contributed by atoms with Gasteiger partial charge in [-0.05, 0) is 55.2 Å². The molecule has 4 aromatic carbocycles. The Bertz CT molecular complexity index is 1970. The van der Waals surface area contributed by atoms with Crippen LogP contribution in [-0.4, -0.2) is 9.13 Å². The summed E-state index contributed by atoms with van der Waals surface area (Å²) in [4.78, 5) is 0. The van der Waals surface area contributed by atoms with Crippen LogP contribution in [0.15, 0.2) is 96.6 Å². The Balaban J connectivity index is 1.70. The molecule has 1 unspecified atom stereocenters. The summed E-state index contributed by atoms with van der Waals surface area (Å²) in [6, 6.07) is 36.2. The van der Waals surface area contributed by atoms with Gasteiger partial charge in [0.1, 0.15) is 6.07 Å². The molecule has 1 atom stereocenters. The second-order valence-corrected chi connectivity index (χ2v) is 10.0. The average Bonchev–Trinajstić information content (AvgIpc) is 3.40. The quantitative estimate of drug-likeness (QED) is 0.247. The highest BCUT2D eigenvalue weighted by molar-refractivity contribution is 6.11. The van der Waals surface area contributed by atoms with Crippen molar-refractivity contribution < 1.29 is 0 Å². The fourth-order valence-corrected chi connectivity index (χ4v) is 6.14. The molecule has 4 nitrogen and oxygen atoms in total. The van der Waals surface area contributed by atoms with E-state index in [1.807, 2.05) is 24.3 Å². The Morgan fingerprint density at radius 1 is 0.684 bits per heavy atom. The van der Waals surface area contributed by atoms with Gasteiger partial charge in [-0.25, -0.2) is 0 Å². The van der Waals surface area contributed by atoms with E-state index in [0.29, 0.717) is 5.56 Å². The van der Waals surface area contributed by atoms with Crippen molar-refractivity contribution in [2.45, 2.75) is 19.8 Å². The fourth-order valence-electron chi connectivity index (χ4n) is 6.14. The van der Waals surface area contributed by atoms with Gasteiger partial charge in [-0.2, -0.15) is 10.5 Å². The maximum atomic E-state index is 10.1. The predicted molar refractivity (Wildman–Crippen MR) is 153 cm³/mol. The van der Waals surface area contributed by atoms with Crippen LogP contribution < -0.4 is 0 Å². The lowest BCUT2D eigenvalue weighted by Crippen LogP contribution is -2.07. The van der Waals surface area contributed by atoms with Crippen LogP contribution in [0, 0.1) is 28.6 Å². The molecule has 0 bridgehead atoms. The second-order valence-electron chi connectivity index (χ2n) is 10.0. The van der Waals surface area contributed by atoms with E-state index in [1.54, 1.807) is 0 Å². The van der Waals surface area contributed by atoms with Gasteiger partial charge in [-0.1, -0.05) is 67.6 Å². The van der Waals surface area contributed by atoms with E-state index in [0.717, 1.165) is 63.0 Å². The minimum atomic E-state index is 0.183. The third kappa shape index (κ3) is 3.08. The van der Waals surface area contributed by atoms with Gasteiger partial charge >= 0.3 is 0 Å². The van der Waals surface area contributed by atoms with Gasteiger partial charge < -0.3 is 9.13 Å². The van der Waals surface area contributed by atoms with Crippen LogP contribution >= 0.6 is 0 Å². The van der Waals surface area contributed by atoms with Crippen LogP contribution in [-0.2, 0) is 6.42 Å². The summed E-state index contributed by atoms with van der Waals surface area (Å²) in [6.07, 6.45) is 3.78. The van der Waals surface area contributed by atoms with Crippen molar-refractivity contribution in [3.63, 3.8) is 0 Å². The third-order valence-corrected chi connectivity index (χ3v) is 7.97. The highest BCUT2D eigenvalue weighted by Gasteiger charge is 2.26. The number of benzene rings is 4. The number of allylic oxidation sites excluding steroid dienone is 1. The van der Waals surface area contributed by atoms with E-state index in [9.17, 15) is 10.5 Å². The minimum absolute atomic E-state index is 0.183. The summed E-state index contributed by atoms with van der Waals surface area (Å²) in [7, 11) is 0. The molecular formula is C34H24N4. The summed E-state index contributed by atoms with van der Waals surface area (Å²) in [5.74, 6) is 0.183. The second kappa shape index (κ2) is 8.51. The molecule has 0 aliphatic heterocycles. The highest BCUT2D eigenvalue weighted by Crippen LogP contribution is 2.41.